The molecule has 2 N–H and O–H groups in total. The third kappa shape index (κ3) is 4.01. The maximum absolute atomic E-state index is 11.7. The average Bonchev–Trinajstić information content (AvgIpc) is 2.35. The highest BCUT2D eigenvalue weighted by molar-refractivity contribution is 6.17. The van der Waals surface area contributed by atoms with E-state index in [4.69, 9.17) is 21.1 Å². The molecule has 6 nitrogen and oxygen atoms in total. The Morgan fingerprint density at radius 3 is 2.43 bits per heavy atom. The van der Waals surface area contributed by atoms with Gasteiger partial charge in [0.25, 0.3) is 0 Å². The van der Waals surface area contributed by atoms with Gasteiger partial charge in [-0.25, -0.2) is 4.79 Å². The van der Waals surface area contributed by atoms with E-state index in [0.717, 1.165) is 32.1 Å². The fourth-order valence-electron chi connectivity index (χ4n) is 3.17. The van der Waals surface area contributed by atoms with Crippen molar-refractivity contribution in [1.29, 1.82) is 0 Å². The highest BCUT2D eigenvalue weighted by atomic mass is 35.5. The topological polar surface area (TPSA) is 76.7 Å². The minimum atomic E-state index is -0.353. The molecule has 0 saturated heterocycles. The van der Waals surface area contributed by atoms with E-state index in [1.165, 1.54) is 0 Å². The van der Waals surface area contributed by atoms with Crippen molar-refractivity contribution in [3.05, 3.63) is 0 Å². The number of nitrogens with one attached hydrogen (secondary N) is 2. The van der Waals surface area contributed by atoms with Crippen LogP contribution in [0.15, 0.2) is 0 Å². The summed E-state index contributed by atoms with van der Waals surface area (Å²) >= 11 is 5.47. The zero-order chi connectivity index (χ0) is 15.3. The molecule has 0 radical (unpaired) electrons. The molecule has 7 heteroatoms. The number of carbonyl (C=O) groups excluding carboxylic acids is 2. The molecule has 0 aliphatic heterocycles. The zero-order valence-corrected chi connectivity index (χ0v) is 13.1. The van der Waals surface area contributed by atoms with Gasteiger partial charge in [0.15, 0.2) is 0 Å². The van der Waals surface area contributed by atoms with Crippen LogP contribution in [0.4, 0.5) is 4.79 Å². The van der Waals surface area contributed by atoms with Crippen molar-refractivity contribution >= 4 is 23.6 Å². The molecule has 3 rings (SSSR count). The van der Waals surface area contributed by atoms with Crippen molar-refractivity contribution in [3.8, 4) is 0 Å². The van der Waals surface area contributed by atoms with Gasteiger partial charge in [0.2, 0.25) is 5.91 Å². The number of amides is 2. The molecule has 0 spiro atoms. The maximum Gasteiger partial charge on any atom is 0.407 e. The lowest BCUT2D eigenvalue weighted by atomic mass is 9.44. The van der Waals surface area contributed by atoms with Gasteiger partial charge in [0.05, 0.1) is 18.8 Å². The lowest BCUT2D eigenvalue weighted by Crippen LogP contribution is -2.84. The number of ether oxygens (including phenoxy) is 2. The first-order valence-corrected chi connectivity index (χ1v) is 7.96. The molecule has 3 fully saturated rings. The van der Waals surface area contributed by atoms with Crippen LogP contribution in [0.1, 0.15) is 39.0 Å². The Labute approximate surface area is 129 Å². The van der Waals surface area contributed by atoms with Gasteiger partial charge in [-0.1, -0.05) is 13.3 Å². The van der Waals surface area contributed by atoms with Gasteiger partial charge >= 0.3 is 6.09 Å². The van der Waals surface area contributed by atoms with E-state index in [0.29, 0.717) is 19.1 Å². The van der Waals surface area contributed by atoms with Gasteiger partial charge in [0.1, 0.15) is 6.61 Å². The maximum atomic E-state index is 11.7. The molecule has 0 heterocycles. The summed E-state index contributed by atoms with van der Waals surface area (Å²) in [5.41, 5.74) is -0.328. The average molecular weight is 319 g/mol. The normalized spacial score (nSPS) is 29.0. The molecule has 21 heavy (non-hydrogen) atoms. The van der Waals surface area contributed by atoms with Crippen LogP contribution in [0.5, 0.6) is 0 Å². The van der Waals surface area contributed by atoms with Gasteiger partial charge in [-0.3, -0.25) is 4.79 Å². The molecule has 3 aliphatic rings. The largest absolute Gasteiger partial charge is 0.450 e. The van der Waals surface area contributed by atoms with Crippen LogP contribution < -0.4 is 10.6 Å². The van der Waals surface area contributed by atoms with Crippen LogP contribution in [-0.4, -0.2) is 48.8 Å². The van der Waals surface area contributed by atoms with Crippen LogP contribution in [0.2, 0.25) is 0 Å². The van der Waals surface area contributed by atoms with E-state index < -0.39 is 0 Å². The quantitative estimate of drug-likeness (QED) is 0.499. The van der Waals surface area contributed by atoms with E-state index in [1.54, 1.807) is 0 Å². The Hall–Kier alpha value is -1.01. The molecule has 0 atom stereocenters. The minimum absolute atomic E-state index is 0.0357. The number of alkyl halides is 1. The number of rotatable bonds is 9. The third-order valence-electron chi connectivity index (χ3n) is 3.99. The number of halogens is 1. The van der Waals surface area contributed by atoms with E-state index in [-0.39, 0.29) is 29.7 Å². The summed E-state index contributed by atoms with van der Waals surface area (Å²) in [4.78, 5) is 23.3. The highest BCUT2D eigenvalue weighted by Crippen LogP contribution is 2.60. The van der Waals surface area contributed by atoms with Crippen LogP contribution in [0, 0.1) is 0 Å². The third-order valence-corrected chi connectivity index (χ3v) is 4.14. The highest BCUT2D eigenvalue weighted by Gasteiger charge is 2.69. The van der Waals surface area contributed by atoms with E-state index in [1.807, 2.05) is 6.92 Å². The molecule has 0 unspecified atom stereocenters. The summed E-state index contributed by atoms with van der Waals surface area (Å²) < 4.78 is 10.2. The molecule has 0 aromatic heterocycles. The minimum Gasteiger partial charge on any atom is -0.450 e. The first kappa shape index (κ1) is 16.4. The summed E-state index contributed by atoms with van der Waals surface area (Å²) in [6.45, 7) is 2.91. The molecule has 0 aromatic rings. The van der Waals surface area contributed by atoms with E-state index in [2.05, 4.69) is 10.6 Å². The van der Waals surface area contributed by atoms with Crippen LogP contribution in [-0.2, 0) is 14.3 Å². The summed E-state index contributed by atoms with van der Waals surface area (Å²) in [6.07, 6.45) is 3.83. The number of unbranched alkanes of at least 4 members (excludes halogenated alkanes) is 1. The van der Waals surface area contributed by atoms with Crippen LogP contribution >= 0.6 is 11.6 Å². The fourth-order valence-corrected chi connectivity index (χ4v) is 3.28. The fraction of sp³-hybridized carbons (Fsp3) is 0.857. The monoisotopic (exact) mass is 318 g/mol. The smallest absolute Gasteiger partial charge is 0.407 e. The number of hydrogen-bond acceptors (Lipinski definition) is 4. The second-order valence-corrected chi connectivity index (χ2v) is 6.37. The number of hydrogen-bond donors (Lipinski definition) is 2. The predicted molar refractivity (Wildman–Crippen MR) is 78.4 cm³/mol. The second-order valence-electron chi connectivity index (χ2n) is 6.00. The first-order valence-electron chi connectivity index (χ1n) is 7.43. The standard InChI is InChI=1S/C14H23ClN2O4/c1-2-3-5-21-12(19)17-14-8-13(9-14,10-14)16-11(18)7-20-6-4-15/h2-10H2,1H3,(H,16,18)(H,17,19). The zero-order valence-electron chi connectivity index (χ0n) is 12.4. The van der Waals surface area contributed by atoms with E-state index >= 15 is 0 Å². The van der Waals surface area contributed by atoms with Gasteiger partial charge in [-0.2, -0.15) is 0 Å². The van der Waals surface area contributed by atoms with Crippen molar-refractivity contribution in [1.82, 2.24) is 10.6 Å². The van der Waals surface area contributed by atoms with E-state index in [9.17, 15) is 9.59 Å². The molecule has 2 amide bonds. The molecule has 0 aromatic carbocycles. The summed E-state index contributed by atoms with van der Waals surface area (Å²) in [5, 5.41) is 5.88. The Kier molecular flexibility index (Phi) is 5.32. The predicted octanol–water partition coefficient (Wildman–Crippen LogP) is 1.56. The molecule has 3 aliphatic carbocycles. The number of carbonyl (C=O) groups is 2. The molecular formula is C14H23ClN2O4. The summed E-state index contributed by atoms with van der Waals surface area (Å²) in [5.74, 6) is 0.255. The van der Waals surface area contributed by atoms with Crippen molar-refractivity contribution in [2.24, 2.45) is 0 Å². The van der Waals surface area contributed by atoms with Gasteiger partial charge in [-0.05, 0) is 25.7 Å². The Bertz CT molecular complexity index is 349. The van der Waals surface area contributed by atoms with Gasteiger partial charge in [-0.15, -0.1) is 11.6 Å². The summed E-state index contributed by atoms with van der Waals surface area (Å²) in [7, 11) is 0. The molecule has 120 valence electrons. The molecule has 2 bridgehead atoms. The summed E-state index contributed by atoms with van der Waals surface area (Å²) in [6, 6.07) is 0. The van der Waals surface area contributed by atoms with Gasteiger partial charge < -0.3 is 20.1 Å². The lowest BCUT2D eigenvalue weighted by molar-refractivity contribution is -0.143. The molecule has 3 saturated carbocycles. The first-order chi connectivity index (χ1) is 10.0. The van der Waals surface area contributed by atoms with Crippen molar-refractivity contribution < 1.29 is 19.1 Å². The second kappa shape index (κ2) is 6.83. The van der Waals surface area contributed by atoms with Crippen LogP contribution in [0.25, 0.3) is 0 Å². The van der Waals surface area contributed by atoms with Crippen molar-refractivity contribution in [2.75, 3.05) is 25.7 Å². The Balaban J connectivity index is 1.61. The Morgan fingerprint density at radius 1 is 1.14 bits per heavy atom. The lowest BCUT2D eigenvalue weighted by Gasteiger charge is -2.70. The number of alkyl carbamates (subject to hydrolysis) is 1. The SMILES string of the molecule is CCCCOC(=O)NC12CC(NC(=O)COCCCl)(C1)C2. The van der Waals surface area contributed by atoms with Crippen molar-refractivity contribution in [2.45, 2.75) is 50.1 Å². The Morgan fingerprint density at radius 2 is 1.81 bits per heavy atom. The van der Waals surface area contributed by atoms with Crippen LogP contribution in [0.3, 0.4) is 0 Å². The van der Waals surface area contributed by atoms with Gasteiger partial charge in [0, 0.05) is 11.4 Å². The van der Waals surface area contributed by atoms with Crippen molar-refractivity contribution in [3.63, 3.8) is 0 Å². The molecular weight excluding hydrogens is 296 g/mol.